The number of hydrogen-bond donors (Lipinski definition) is 1. The van der Waals surface area contributed by atoms with E-state index in [1.165, 1.54) is 11.1 Å². The zero-order valence-electron chi connectivity index (χ0n) is 11.5. The van der Waals surface area contributed by atoms with Crippen molar-refractivity contribution in [3.63, 3.8) is 0 Å². The highest BCUT2D eigenvalue weighted by Crippen LogP contribution is 2.20. The van der Waals surface area contributed by atoms with Crippen molar-refractivity contribution in [2.24, 2.45) is 0 Å². The number of carbonyl (C=O) groups excluding carboxylic acids is 1. The van der Waals surface area contributed by atoms with Crippen molar-refractivity contribution in [2.45, 2.75) is 26.4 Å². The highest BCUT2D eigenvalue weighted by molar-refractivity contribution is 5.93. The largest absolute Gasteiger partial charge is 0.382 e. The molecule has 1 aromatic heterocycles. The topological polar surface area (TPSA) is 64.2 Å². The molecule has 1 amide bonds. The fourth-order valence-electron chi connectivity index (χ4n) is 2.68. The van der Waals surface area contributed by atoms with Gasteiger partial charge in [0.25, 0.3) is 5.91 Å². The Morgan fingerprint density at radius 1 is 1.35 bits per heavy atom. The van der Waals surface area contributed by atoms with Gasteiger partial charge in [-0.3, -0.25) is 9.48 Å². The van der Waals surface area contributed by atoms with E-state index in [0.29, 0.717) is 24.6 Å². The Hall–Kier alpha value is -2.30. The second-order valence-electron chi connectivity index (χ2n) is 5.02. The van der Waals surface area contributed by atoms with Gasteiger partial charge >= 0.3 is 0 Å². The average molecular weight is 270 g/mol. The van der Waals surface area contributed by atoms with Gasteiger partial charge in [0.1, 0.15) is 11.5 Å². The maximum absolute atomic E-state index is 12.6. The quantitative estimate of drug-likeness (QED) is 0.903. The Morgan fingerprint density at radius 2 is 2.10 bits per heavy atom. The van der Waals surface area contributed by atoms with Crippen LogP contribution in [0.3, 0.4) is 0 Å². The number of aromatic nitrogens is 2. The molecule has 0 aliphatic carbocycles. The Bertz CT molecular complexity index is 647. The van der Waals surface area contributed by atoms with E-state index in [1.807, 2.05) is 24.0 Å². The Balaban J connectivity index is 1.85. The van der Waals surface area contributed by atoms with E-state index in [-0.39, 0.29) is 5.91 Å². The molecule has 20 heavy (non-hydrogen) atoms. The van der Waals surface area contributed by atoms with E-state index in [4.69, 9.17) is 5.73 Å². The maximum atomic E-state index is 12.6. The van der Waals surface area contributed by atoms with Gasteiger partial charge in [0, 0.05) is 25.7 Å². The highest BCUT2D eigenvalue weighted by Gasteiger charge is 2.24. The molecular weight excluding hydrogens is 252 g/mol. The summed E-state index contributed by atoms with van der Waals surface area (Å²) in [5.74, 6) is 0.401. The molecule has 0 fully saturated rings. The third-order valence-corrected chi connectivity index (χ3v) is 3.74. The number of fused-ring (bicyclic) bond motifs is 1. The fourth-order valence-corrected chi connectivity index (χ4v) is 2.68. The number of benzene rings is 1. The molecular formula is C15H18N4O. The minimum atomic E-state index is 0.00514. The lowest BCUT2D eigenvalue weighted by atomic mass is 10.00. The fraction of sp³-hybridized carbons (Fsp3) is 0.333. The summed E-state index contributed by atoms with van der Waals surface area (Å²) in [6, 6.07) is 9.93. The van der Waals surface area contributed by atoms with Crippen LogP contribution in [0.15, 0.2) is 30.3 Å². The number of rotatable bonds is 2. The number of nitrogens with zero attached hydrogens (tertiary/aromatic N) is 3. The zero-order chi connectivity index (χ0) is 14.1. The summed E-state index contributed by atoms with van der Waals surface area (Å²) in [6.07, 6.45) is 0.900. The normalized spacial score (nSPS) is 14.2. The lowest BCUT2D eigenvalue weighted by Gasteiger charge is -2.28. The van der Waals surface area contributed by atoms with Crippen molar-refractivity contribution in [1.82, 2.24) is 14.7 Å². The molecule has 0 spiro atoms. The van der Waals surface area contributed by atoms with E-state index in [9.17, 15) is 4.79 Å². The van der Waals surface area contributed by atoms with Crippen molar-refractivity contribution in [2.75, 3.05) is 12.3 Å². The molecule has 2 aromatic rings. The monoisotopic (exact) mass is 270 g/mol. The molecule has 0 bridgehead atoms. The molecule has 104 valence electrons. The molecule has 2 N–H and O–H groups in total. The summed E-state index contributed by atoms with van der Waals surface area (Å²) in [7, 11) is 0. The maximum Gasteiger partial charge on any atom is 0.272 e. The first kappa shape index (κ1) is 12.7. The van der Waals surface area contributed by atoms with Crippen LogP contribution >= 0.6 is 0 Å². The summed E-state index contributed by atoms with van der Waals surface area (Å²) in [6.45, 7) is 3.99. The predicted octanol–water partition coefficient (Wildman–Crippen LogP) is 1.68. The molecule has 1 aliphatic rings. The smallest absolute Gasteiger partial charge is 0.272 e. The summed E-state index contributed by atoms with van der Waals surface area (Å²) in [5.41, 5.74) is 8.83. The summed E-state index contributed by atoms with van der Waals surface area (Å²) >= 11 is 0. The van der Waals surface area contributed by atoms with Crippen LogP contribution in [0.1, 0.15) is 28.5 Å². The van der Waals surface area contributed by atoms with Gasteiger partial charge in [-0.05, 0) is 24.5 Å². The third kappa shape index (κ3) is 2.15. The molecule has 3 rings (SSSR count). The second-order valence-corrected chi connectivity index (χ2v) is 5.02. The van der Waals surface area contributed by atoms with Gasteiger partial charge < -0.3 is 10.6 Å². The van der Waals surface area contributed by atoms with Crippen molar-refractivity contribution in [1.29, 1.82) is 0 Å². The number of nitrogens with two attached hydrogens (primary N) is 1. The minimum Gasteiger partial charge on any atom is -0.382 e. The van der Waals surface area contributed by atoms with Crippen LogP contribution in [0.4, 0.5) is 5.82 Å². The van der Waals surface area contributed by atoms with E-state index in [1.54, 1.807) is 10.7 Å². The number of carbonyl (C=O) groups is 1. The third-order valence-electron chi connectivity index (χ3n) is 3.74. The Labute approximate surface area is 118 Å². The van der Waals surface area contributed by atoms with Gasteiger partial charge in [0.2, 0.25) is 0 Å². The summed E-state index contributed by atoms with van der Waals surface area (Å²) < 4.78 is 1.66. The second kappa shape index (κ2) is 5.00. The number of nitrogen functional groups attached to an aromatic ring is 1. The molecule has 5 heteroatoms. The predicted molar refractivity (Wildman–Crippen MR) is 77.2 cm³/mol. The molecule has 1 aliphatic heterocycles. The Kier molecular flexibility index (Phi) is 3.18. The highest BCUT2D eigenvalue weighted by atomic mass is 16.2. The number of aryl methyl sites for hydroxylation is 1. The Morgan fingerprint density at radius 3 is 2.85 bits per heavy atom. The summed E-state index contributed by atoms with van der Waals surface area (Å²) in [5, 5.41) is 4.14. The summed E-state index contributed by atoms with van der Waals surface area (Å²) in [4.78, 5) is 14.5. The van der Waals surface area contributed by atoms with Gasteiger partial charge in [-0.1, -0.05) is 24.3 Å². The SMILES string of the molecule is CCn1nc(N)cc1C(=O)N1CCc2ccccc2C1. The van der Waals surface area contributed by atoms with Crippen LogP contribution in [0.25, 0.3) is 0 Å². The van der Waals surface area contributed by atoms with E-state index < -0.39 is 0 Å². The van der Waals surface area contributed by atoms with Gasteiger partial charge in [-0.2, -0.15) is 5.10 Å². The number of amides is 1. The van der Waals surface area contributed by atoms with Crippen molar-refractivity contribution in [3.8, 4) is 0 Å². The molecule has 0 saturated heterocycles. The first-order valence-electron chi connectivity index (χ1n) is 6.88. The van der Waals surface area contributed by atoms with Crippen molar-refractivity contribution >= 4 is 11.7 Å². The zero-order valence-corrected chi connectivity index (χ0v) is 11.5. The van der Waals surface area contributed by atoms with Gasteiger partial charge in [-0.15, -0.1) is 0 Å². The lowest BCUT2D eigenvalue weighted by Crippen LogP contribution is -2.37. The standard InChI is InChI=1S/C15H18N4O/c1-2-19-13(9-14(16)17-19)15(20)18-8-7-11-5-3-4-6-12(11)10-18/h3-6,9H,2,7-8,10H2,1H3,(H2,16,17). The van der Waals surface area contributed by atoms with Crippen LogP contribution in [0, 0.1) is 0 Å². The molecule has 2 heterocycles. The number of anilines is 1. The van der Waals surface area contributed by atoms with E-state index in [2.05, 4.69) is 17.2 Å². The molecule has 1 aromatic carbocycles. The van der Waals surface area contributed by atoms with Gasteiger partial charge in [-0.25, -0.2) is 0 Å². The van der Waals surface area contributed by atoms with Gasteiger partial charge in [0.05, 0.1) is 0 Å². The van der Waals surface area contributed by atoms with Crippen molar-refractivity contribution < 1.29 is 4.79 Å². The molecule has 5 nitrogen and oxygen atoms in total. The van der Waals surface area contributed by atoms with Crippen LogP contribution in [-0.2, 0) is 19.5 Å². The molecule has 0 radical (unpaired) electrons. The van der Waals surface area contributed by atoms with Crippen LogP contribution in [-0.4, -0.2) is 27.1 Å². The molecule has 0 unspecified atom stereocenters. The van der Waals surface area contributed by atoms with Crippen molar-refractivity contribution in [3.05, 3.63) is 47.2 Å². The molecule has 0 atom stereocenters. The minimum absolute atomic E-state index is 0.00514. The van der Waals surface area contributed by atoms with E-state index >= 15 is 0 Å². The average Bonchev–Trinajstić information content (AvgIpc) is 2.87. The lowest BCUT2D eigenvalue weighted by molar-refractivity contribution is 0.0722. The first-order valence-corrected chi connectivity index (χ1v) is 6.88. The van der Waals surface area contributed by atoms with Gasteiger partial charge in [0.15, 0.2) is 0 Å². The van der Waals surface area contributed by atoms with E-state index in [0.717, 1.165) is 13.0 Å². The van der Waals surface area contributed by atoms with Crippen LogP contribution in [0.5, 0.6) is 0 Å². The molecule has 0 saturated carbocycles. The number of hydrogen-bond acceptors (Lipinski definition) is 3. The van der Waals surface area contributed by atoms with Crippen LogP contribution < -0.4 is 5.73 Å². The first-order chi connectivity index (χ1) is 9.69. The van der Waals surface area contributed by atoms with Crippen LogP contribution in [0.2, 0.25) is 0 Å².